The molecular formula is C13H17NO3. The lowest BCUT2D eigenvalue weighted by Crippen LogP contribution is -2.35. The summed E-state index contributed by atoms with van der Waals surface area (Å²) in [5, 5.41) is 0. The van der Waals surface area contributed by atoms with Crippen LogP contribution in [0.25, 0.3) is 0 Å². The Morgan fingerprint density at radius 2 is 1.94 bits per heavy atom. The van der Waals surface area contributed by atoms with Gasteiger partial charge < -0.3 is 14.4 Å². The van der Waals surface area contributed by atoms with E-state index in [1.165, 1.54) is 0 Å². The molecule has 1 saturated heterocycles. The van der Waals surface area contributed by atoms with Crippen LogP contribution in [0.15, 0.2) is 18.2 Å². The summed E-state index contributed by atoms with van der Waals surface area (Å²) in [6.07, 6.45) is 1.62. The van der Waals surface area contributed by atoms with E-state index < -0.39 is 0 Å². The zero-order valence-electron chi connectivity index (χ0n) is 10.2. The molecule has 1 heterocycles. The van der Waals surface area contributed by atoms with Crippen LogP contribution in [0, 0.1) is 0 Å². The normalized spacial score (nSPS) is 15.9. The number of Topliss-reactive ketones (excluding diaryl/α,β-unsaturated/α-hetero) is 1. The molecular weight excluding hydrogens is 218 g/mol. The first-order valence-corrected chi connectivity index (χ1v) is 5.73. The van der Waals surface area contributed by atoms with Gasteiger partial charge in [-0.25, -0.2) is 0 Å². The number of ketones is 1. The Balaban J connectivity index is 2.23. The molecule has 0 aromatic heterocycles. The standard InChI is InChI=1S/C13H17NO3/c1-16-12-6-5-10(8-13(12)17-2)14-7-3-4-11(15)9-14/h5-6,8H,3-4,7,9H2,1-2H3. The number of methoxy groups -OCH3 is 2. The fourth-order valence-corrected chi connectivity index (χ4v) is 2.08. The minimum atomic E-state index is 0.297. The van der Waals surface area contributed by atoms with Crippen LogP contribution in [0.4, 0.5) is 5.69 Å². The number of hydrogen-bond acceptors (Lipinski definition) is 4. The van der Waals surface area contributed by atoms with Gasteiger partial charge in [0.15, 0.2) is 17.3 Å². The molecule has 0 spiro atoms. The number of nitrogens with zero attached hydrogens (tertiary/aromatic N) is 1. The van der Waals surface area contributed by atoms with Gasteiger partial charge >= 0.3 is 0 Å². The van der Waals surface area contributed by atoms with Crippen LogP contribution in [-0.4, -0.2) is 33.1 Å². The van der Waals surface area contributed by atoms with Crippen molar-refractivity contribution < 1.29 is 14.3 Å². The average Bonchev–Trinajstić information content (AvgIpc) is 2.38. The van der Waals surface area contributed by atoms with Crippen molar-refractivity contribution in [3.63, 3.8) is 0 Å². The molecule has 1 fully saturated rings. The van der Waals surface area contributed by atoms with E-state index in [0.29, 0.717) is 30.2 Å². The molecule has 0 saturated carbocycles. The number of carbonyl (C=O) groups excluding carboxylic acids is 1. The van der Waals surface area contributed by atoms with E-state index in [-0.39, 0.29) is 0 Å². The van der Waals surface area contributed by atoms with Crippen LogP contribution in [0.3, 0.4) is 0 Å². The first-order valence-electron chi connectivity index (χ1n) is 5.73. The molecule has 2 rings (SSSR count). The number of ether oxygens (including phenoxy) is 2. The molecule has 1 aliphatic rings. The van der Waals surface area contributed by atoms with Crippen molar-refractivity contribution in [2.45, 2.75) is 12.8 Å². The predicted octanol–water partition coefficient (Wildman–Crippen LogP) is 1.87. The highest BCUT2D eigenvalue weighted by Crippen LogP contribution is 2.32. The molecule has 0 unspecified atom stereocenters. The van der Waals surface area contributed by atoms with Crippen LogP contribution >= 0.6 is 0 Å². The maximum absolute atomic E-state index is 11.4. The molecule has 0 bridgehead atoms. The van der Waals surface area contributed by atoms with Crippen molar-refractivity contribution in [3.05, 3.63) is 18.2 Å². The van der Waals surface area contributed by atoms with Gasteiger partial charge in [-0.2, -0.15) is 0 Å². The van der Waals surface area contributed by atoms with Crippen LogP contribution in [-0.2, 0) is 4.79 Å². The van der Waals surface area contributed by atoms with Crippen molar-refractivity contribution in [1.29, 1.82) is 0 Å². The van der Waals surface area contributed by atoms with E-state index in [1.54, 1.807) is 14.2 Å². The molecule has 1 aromatic rings. The van der Waals surface area contributed by atoms with Gasteiger partial charge in [0.25, 0.3) is 0 Å². The van der Waals surface area contributed by atoms with E-state index in [2.05, 4.69) is 4.90 Å². The highest BCUT2D eigenvalue weighted by Gasteiger charge is 2.18. The lowest BCUT2D eigenvalue weighted by Gasteiger charge is -2.28. The van der Waals surface area contributed by atoms with Gasteiger partial charge in [0.2, 0.25) is 0 Å². The second kappa shape index (κ2) is 5.08. The van der Waals surface area contributed by atoms with E-state index in [4.69, 9.17) is 9.47 Å². The Morgan fingerprint density at radius 1 is 1.18 bits per heavy atom. The van der Waals surface area contributed by atoms with Gasteiger partial charge in [0, 0.05) is 24.7 Å². The lowest BCUT2D eigenvalue weighted by molar-refractivity contribution is -0.118. The van der Waals surface area contributed by atoms with Crippen LogP contribution in [0.2, 0.25) is 0 Å². The molecule has 92 valence electrons. The summed E-state index contributed by atoms with van der Waals surface area (Å²) < 4.78 is 10.4. The molecule has 0 atom stereocenters. The smallest absolute Gasteiger partial charge is 0.162 e. The predicted molar refractivity (Wildman–Crippen MR) is 66.0 cm³/mol. The third-order valence-corrected chi connectivity index (χ3v) is 2.98. The lowest BCUT2D eigenvalue weighted by atomic mass is 10.1. The first-order chi connectivity index (χ1) is 8.24. The van der Waals surface area contributed by atoms with Crippen molar-refractivity contribution >= 4 is 11.5 Å². The van der Waals surface area contributed by atoms with Gasteiger partial charge in [-0.15, -0.1) is 0 Å². The van der Waals surface area contributed by atoms with Crippen LogP contribution in [0.1, 0.15) is 12.8 Å². The fraction of sp³-hybridized carbons (Fsp3) is 0.462. The van der Waals surface area contributed by atoms with Gasteiger partial charge in [-0.05, 0) is 18.6 Å². The van der Waals surface area contributed by atoms with E-state index in [1.807, 2.05) is 18.2 Å². The summed E-state index contributed by atoms with van der Waals surface area (Å²) in [4.78, 5) is 13.5. The fourth-order valence-electron chi connectivity index (χ4n) is 2.08. The highest BCUT2D eigenvalue weighted by molar-refractivity contribution is 5.84. The molecule has 0 N–H and O–H groups in total. The Bertz CT molecular complexity index is 417. The van der Waals surface area contributed by atoms with E-state index in [9.17, 15) is 4.79 Å². The molecule has 0 aliphatic carbocycles. The quantitative estimate of drug-likeness (QED) is 0.801. The van der Waals surface area contributed by atoms with Crippen molar-refractivity contribution in [2.75, 3.05) is 32.2 Å². The Labute approximate surface area is 101 Å². The number of carbonyl (C=O) groups is 1. The number of anilines is 1. The van der Waals surface area contributed by atoms with Crippen molar-refractivity contribution in [1.82, 2.24) is 0 Å². The Hall–Kier alpha value is -1.71. The van der Waals surface area contributed by atoms with Gasteiger partial charge in [-0.3, -0.25) is 4.79 Å². The van der Waals surface area contributed by atoms with Gasteiger partial charge in [-0.1, -0.05) is 0 Å². The zero-order valence-corrected chi connectivity index (χ0v) is 10.2. The number of hydrogen-bond donors (Lipinski definition) is 0. The summed E-state index contributed by atoms with van der Waals surface area (Å²) in [6.45, 7) is 1.41. The topological polar surface area (TPSA) is 38.8 Å². The first kappa shape index (κ1) is 11.8. The monoisotopic (exact) mass is 235 g/mol. The molecule has 4 nitrogen and oxygen atoms in total. The van der Waals surface area contributed by atoms with Crippen LogP contribution in [0.5, 0.6) is 11.5 Å². The summed E-state index contributed by atoms with van der Waals surface area (Å²) >= 11 is 0. The van der Waals surface area contributed by atoms with Gasteiger partial charge in [0.1, 0.15) is 0 Å². The summed E-state index contributed by atoms with van der Waals surface area (Å²) in [7, 11) is 3.23. The minimum Gasteiger partial charge on any atom is -0.493 e. The number of rotatable bonds is 3. The molecule has 1 aromatic carbocycles. The third-order valence-electron chi connectivity index (χ3n) is 2.98. The summed E-state index contributed by atoms with van der Waals surface area (Å²) in [6, 6.07) is 5.74. The van der Waals surface area contributed by atoms with Crippen molar-refractivity contribution in [3.8, 4) is 11.5 Å². The SMILES string of the molecule is COc1ccc(N2CCCC(=O)C2)cc1OC. The third kappa shape index (κ3) is 2.52. The second-order valence-corrected chi connectivity index (χ2v) is 4.10. The number of benzene rings is 1. The highest BCUT2D eigenvalue weighted by atomic mass is 16.5. The Kier molecular flexibility index (Phi) is 3.52. The molecule has 1 aliphatic heterocycles. The van der Waals surface area contributed by atoms with E-state index >= 15 is 0 Å². The van der Waals surface area contributed by atoms with E-state index in [0.717, 1.165) is 18.7 Å². The maximum atomic E-state index is 11.4. The second-order valence-electron chi connectivity index (χ2n) is 4.10. The maximum Gasteiger partial charge on any atom is 0.162 e. The summed E-state index contributed by atoms with van der Waals surface area (Å²) in [5.41, 5.74) is 1.01. The van der Waals surface area contributed by atoms with Gasteiger partial charge in [0.05, 0.1) is 20.8 Å². The molecule has 0 radical (unpaired) electrons. The summed E-state index contributed by atoms with van der Waals surface area (Å²) in [5.74, 6) is 1.70. The largest absolute Gasteiger partial charge is 0.493 e. The molecule has 17 heavy (non-hydrogen) atoms. The Morgan fingerprint density at radius 3 is 2.59 bits per heavy atom. The zero-order chi connectivity index (χ0) is 12.3. The molecule has 4 heteroatoms. The average molecular weight is 235 g/mol. The molecule has 0 amide bonds. The van der Waals surface area contributed by atoms with Crippen molar-refractivity contribution in [2.24, 2.45) is 0 Å². The number of piperidine rings is 1. The minimum absolute atomic E-state index is 0.297. The van der Waals surface area contributed by atoms with Crippen LogP contribution < -0.4 is 14.4 Å².